The van der Waals surface area contributed by atoms with Gasteiger partial charge in [0.1, 0.15) is 12.2 Å². The molecule has 0 bridgehead atoms. The van der Waals surface area contributed by atoms with E-state index in [1.54, 1.807) is 0 Å². The molecule has 1 fully saturated rings. The van der Waals surface area contributed by atoms with Crippen molar-refractivity contribution >= 4 is 22.4 Å². The van der Waals surface area contributed by atoms with Crippen molar-refractivity contribution in [2.45, 2.75) is 31.3 Å². The summed E-state index contributed by atoms with van der Waals surface area (Å²) in [6, 6.07) is 0. The molecular formula is C10H15N3O2S. The second-order valence-electron chi connectivity index (χ2n) is 4.03. The highest BCUT2D eigenvalue weighted by Crippen LogP contribution is 2.42. The van der Waals surface area contributed by atoms with Crippen molar-refractivity contribution in [2.24, 2.45) is 5.73 Å². The summed E-state index contributed by atoms with van der Waals surface area (Å²) in [6.07, 6.45) is 3.92. The van der Waals surface area contributed by atoms with Gasteiger partial charge in [0.2, 0.25) is 5.91 Å². The third kappa shape index (κ3) is 2.17. The zero-order valence-corrected chi connectivity index (χ0v) is 9.76. The number of amides is 1. The number of nitrogen functional groups attached to an aromatic ring is 1. The van der Waals surface area contributed by atoms with Gasteiger partial charge in [0.25, 0.3) is 0 Å². The molecule has 1 amide bonds. The van der Waals surface area contributed by atoms with Crippen LogP contribution in [0.15, 0.2) is 5.38 Å². The molecule has 16 heavy (non-hydrogen) atoms. The van der Waals surface area contributed by atoms with Crippen LogP contribution >= 0.6 is 11.3 Å². The number of hydrogen-bond acceptors (Lipinski definition) is 5. The molecule has 0 spiro atoms. The smallest absolute Gasteiger partial charge is 0.243 e. The molecule has 2 rings (SSSR count). The molecule has 1 aromatic rings. The fraction of sp³-hybridized carbons (Fsp3) is 0.600. The topological polar surface area (TPSA) is 91.2 Å². The third-order valence-corrected chi connectivity index (χ3v) is 3.56. The van der Waals surface area contributed by atoms with Crippen molar-refractivity contribution in [2.75, 3.05) is 12.3 Å². The number of aromatic nitrogens is 1. The molecular weight excluding hydrogens is 226 g/mol. The van der Waals surface area contributed by atoms with Gasteiger partial charge in [0, 0.05) is 5.38 Å². The van der Waals surface area contributed by atoms with Crippen LogP contribution < -0.4 is 11.5 Å². The van der Waals surface area contributed by atoms with Gasteiger partial charge in [-0.05, 0) is 12.8 Å². The molecule has 6 heteroatoms. The minimum absolute atomic E-state index is 0.0581. The second kappa shape index (κ2) is 4.39. The van der Waals surface area contributed by atoms with Gasteiger partial charge in [-0.1, -0.05) is 12.8 Å². The van der Waals surface area contributed by atoms with Crippen molar-refractivity contribution in [3.05, 3.63) is 11.1 Å². The van der Waals surface area contributed by atoms with Gasteiger partial charge in [-0.25, -0.2) is 4.98 Å². The predicted octanol–water partition coefficient (Wildman–Crippen LogP) is 0.996. The molecule has 0 atom stereocenters. The Bertz CT molecular complexity index is 385. The molecule has 1 heterocycles. The molecule has 1 aliphatic carbocycles. The van der Waals surface area contributed by atoms with Crippen LogP contribution in [0, 0.1) is 0 Å². The third-order valence-electron chi connectivity index (χ3n) is 2.89. The first-order chi connectivity index (χ1) is 7.62. The number of thiazole rings is 1. The van der Waals surface area contributed by atoms with Crippen molar-refractivity contribution in [3.63, 3.8) is 0 Å². The molecule has 0 aromatic carbocycles. The highest BCUT2D eigenvalue weighted by Gasteiger charge is 2.39. The lowest BCUT2D eigenvalue weighted by atomic mass is 9.98. The molecule has 4 N–H and O–H groups in total. The average Bonchev–Trinajstić information content (AvgIpc) is 2.84. The van der Waals surface area contributed by atoms with Gasteiger partial charge >= 0.3 is 0 Å². The van der Waals surface area contributed by atoms with Gasteiger partial charge in [0.15, 0.2) is 5.13 Å². The Labute approximate surface area is 97.8 Å². The number of rotatable bonds is 4. The van der Waals surface area contributed by atoms with E-state index in [1.165, 1.54) is 11.3 Å². The van der Waals surface area contributed by atoms with E-state index in [9.17, 15) is 4.79 Å². The number of nitrogens with two attached hydrogens (primary N) is 2. The summed E-state index contributed by atoms with van der Waals surface area (Å²) in [6.45, 7) is -0.0581. The van der Waals surface area contributed by atoms with Gasteiger partial charge < -0.3 is 16.2 Å². The highest BCUT2D eigenvalue weighted by atomic mass is 32.1. The Balaban J connectivity index is 2.18. The number of hydrogen-bond donors (Lipinski definition) is 2. The Morgan fingerprint density at radius 2 is 2.25 bits per heavy atom. The van der Waals surface area contributed by atoms with Crippen LogP contribution in [0.3, 0.4) is 0 Å². The first-order valence-corrected chi connectivity index (χ1v) is 6.14. The van der Waals surface area contributed by atoms with Gasteiger partial charge in [-0.2, -0.15) is 0 Å². The largest absolute Gasteiger partial charge is 0.375 e. The van der Waals surface area contributed by atoms with Crippen LogP contribution in [0.1, 0.15) is 31.4 Å². The Kier molecular flexibility index (Phi) is 3.11. The number of primary amides is 1. The fourth-order valence-corrected chi connectivity index (χ4v) is 2.78. The van der Waals surface area contributed by atoms with E-state index < -0.39 is 11.5 Å². The van der Waals surface area contributed by atoms with E-state index in [-0.39, 0.29) is 6.61 Å². The van der Waals surface area contributed by atoms with E-state index in [0.29, 0.717) is 5.13 Å². The highest BCUT2D eigenvalue weighted by molar-refractivity contribution is 7.13. The summed E-state index contributed by atoms with van der Waals surface area (Å²) in [4.78, 5) is 15.1. The number of anilines is 1. The predicted molar refractivity (Wildman–Crippen MR) is 61.8 cm³/mol. The minimum atomic E-state index is -0.450. The number of ether oxygens (including phenoxy) is 1. The quantitative estimate of drug-likeness (QED) is 0.822. The average molecular weight is 241 g/mol. The molecule has 5 nitrogen and oxygen atoms in total. The maximum Gasteiger partial charge on any atom is 0.243 e. The first kappa shape index (κ1) is 11.3. The van der Waals surface area contributed by atoms with E-state index in [0.717, 1.165) is 31.4 Å². The Hall–Kier alpha value is -1.14. The summed E-state index contributed by atoms with van der Waals surface area (Å²) in [5.74, 6) is -0.450. The van der Waals surface area contributed by atoms with Crippen LogP contribution in [0.5, 0.6) is 0 Å². The zero-order chi connectivity index (χ0) is 11.6. The second-order valence-corrected chi connectivity index (χ2v) is 4.92. The molecule has 0 radical (unpaired) electrons. The van der Waals surface area contributed by atoms with Crippen LogP contribution in [0.25, 0.3) is 0 Å². The summed E-state index contributed by atoms with van der Waals surface area (Å²) < 4.78 is 5.67. The lowest BCUT2D eigenvalue weighted by Gasteiger charge is -2.26. The van der Waals surface area contributed by atoms with Gasteiger partial charge in [-0.3, -0.25) is 4.79 Å². The van der Waals surface area contributed by atoms with Crippen molar-refractivity contribution < 1.29 is 9.53 Å². The zero-order valence-electron chi connectivity index (χ0n) is 8.94. The standard InChI is InChI=1S/C10H15N3O2S/c11-8(14)5-15-10(3-1-2-4-10)7-6-16-9(12)13-7/h6H,1-5H2,(H2,11,14)(H2,12,13). The monoisotopic (exact) mass is 241 g/mol. The number of nitrogens with zero attached hydrogens (tertiary/aromatic N) is 1. The van der Waals surface area contributed by atoms with Crippen molar-refractivity contribution in [1.82, 2.24) is 4.98 Å². The van der Waals surface area contributed by atoms with Crippen molar-refractivity contribution in [3.8, 4) is 0 Å². The fourth-order valence-electron chi connectivity index (χ4n) is 2.13. The van der Waals surface area contributed by atoms with E-state index >= 15 is 0 Å². The molecule has 0 saturated heterocycles. The molecule has 0 aliphatic heterocycles. The van der Waals surface area contributed by atoms with Crippen LogP contribution in [-0.2, 0) is 15.1 Å². The summed E-state index contributed by atoms with van der Waals surface area (Å²) >= 11 is 1.39. The summed E-state index contributed by atoms with van der Waals surface area (Å²) in [5.41, 5.74) is 11.1. The lowest BCUT2D eigenvalue weighted by molar-refractivity contribution is -0.131. The minimum Gasteiger partial charge on any atom is -0.375 e. The van der Waals surface area contributed by atoms with E-state index in [4.69, 9.17) is 16.2 Å². The Morgan fingerprint density at radius 3 is 2.75 bits per heavy atom. The number of carbonyl (C=O) groups excluding carboxylic acids is 1. The van der Waals surface area contributed by atoms with E-state index in [2.05, 4.69) is 4.98 Å². The summed E-state index contributed by atoms with van der Waals surface area (Å²) in [5, 5.41) is 2.44. The van der Waals surface area contributed by atoms with Gasteiger partial charge in [0.05, 0.1) is 5.69 Å². The maximum atomic E-state index is 10.8. The molecule has 0 unspecified atom stereocenters. The first-order valence-electron chi connectivity index (χ1n) is 5.26. The van der Waals surface area contributed by atoms with Gasteiger partial charge in [-0.15, -0.1) is 11.3 Å². The molecule has 1 saturated carbocycles. The Morgan fingerprint density at radius 1 is 1.56 bits per heavy atom. The maximum absolute atomic E-state index is 10.8. The molecule has 1 aromatic heterocycles. The van der Waals surface area contributed by atoms with Crippen molar-refractivity contribution in [1.29, 1.82) is 0 Å². The summed E-state index contributed by atoms with van der Waals surface area (Å²) in [7, 11) is 0. The molecule has 88 valence electrons. The number of carbonyl (C=O) groups is 1. The lowest BCUT2D eigenvalue weighted by Crippen LogP contribution is -2.31. The normalized spacial score (nSPS) is 18.8. The van der Waals surface area contributed by atoms with E-state index in [1.807, 2.05) is 5.38 Å². The van der Waals surface area contributed by atoms with Crippen LogP contribution in [-0.4, -0.2) is 17.5 Å². The van der Waals surface area contributed by atoms with Crippen LogP contribution in [0.4, 0.5) is 5.13 Å². The molecule has 1 aliphatic rings. The SMILES string of the molecule is NC(=O)COC1(c2csc(N)n2)CCCC1. The van der Waals surface area contributed by atoms with Crippen LogP contribution in [0.2, 0.25) is 0 Å².